The van der Waals surface area contributed by atoms with Crippen LogP contribution in [0.15, 0.2) is 35.5 Å². The molecule has 2 rings (SSSR count). The van der Waals surface area contributed by atoms with Gasteiger partial charge in [-0.15, -0.1) is 6.58 Å². The molecule has 0 aromatic heterocycles. The number of aliphatic hydroxyl groups excluding tert-OH is 2. The predicted molar refractivity (Wildman–Crippen MR) is 75.6 cm³/mol. The van der Waals surface area contributed by atoms with Crippen LogP contribution >= 0.6 is 0 Å². The van der Waals surface area contributed by atoms with Gasteiger partial charge in [-0.25, -0.2) is 0 Å². The van der Waals surface area contributed by atoms with E-state index in [1.165, 1.54) is 5.57 Å². The molecule has 3 heteroatoms. The number of hydrogen-bond donors (Lipinski definition) is 3. The first-order chi connectivity index (χ1) is 8.92. The molecule has 0 unspecified atom stereocenters. The molecule has 3 nitrogen and oxygen atoms in total. The maximum atomic E-state index is 10.7. The molecule has 3 N–H and O–H groups in total. The van der Waals surface area contributed by atoms with Gasteiger partial charge >= 0.3 is 0 Å². The summed E-state index contributed by atoms with van der Waals surface area (Å²) < 4.78 is 0. The Morgan fingerprint density at radius 2 is 2.05 bits per heavy atom. The summed E-state index contributed by atoms with van der Waals surface area (Å²) in [5, 5.41) is 30.4. The van der Waals surface area contributed by atoms with Crippen molar-refractivity contribution in [2.45, 2.75) is 51.2 Å². The van der Waals surface area contributed by atoms with Gasteiger partial charge in [-0.05, 0) is 50.7 Å². The number of rotatable bonds is 4. The van der Waals surface area contributed by atoms with E-state index < -0.39 is 11.7 Å². The van der Waals surface area contributed by atoms with E-state index in [0.29, 0.717) is 5.57 Å². The summed E-state index contributed by atoms with van der Waals surface area (Å²) in [7, 11) is 0. The SMILES string of the molecule is C=CCCC1=C(C)C2(CC2)[C@@](C)(O)[C@@H](O)/C1=C\CO. The Kier molecular flexibility index (Phi) is 3.74. The fourth-order valence-corrected chi connectivity index (χ4v) is 3.53. The van der Waals surface area contributed by atoms with Crippen molar-refractivity contribution in [3.63, 3.8) is 0 Å². The Labute approximate surface area is 115 Å². The summed E-state index contributed by atoms with van der Waals surface area (Å²) in [6.07, 6.45) is 6.04. The fraction of sp³-hybridized carbons (Fsp3) is 0.625. The molecule has 0 heterocycles. The highest BCUT2D eigenvalue weighted by Gasteiger charge is 2.63. The molecule has 0 aromatic carbocycles. The van der Waals surface area contributed by atoms with Gasteiger partial charge < -0.3 is 15.3 Å². The zero-order valence-corrected chi connectivity index (χ0v) is 11.8. The maximum absolute atomic E-state index is 10.7. The van der Waals surface area contributed by atoms with E-state index in [0.717, 1.165) is 31.3 Å². The molecule has 1 fully saturated rings. The van der Waals surface area contributed by atoms with Crippen molar-refractivity contribution >= 4 is 0 Å². The van der Waals surface area contributed by atoms with Crippen LogP contribution in [0.4, 0.5) is 0 Å². The first-order valence-corrected chi connectivity index (χ1v) is 6.95. The lowest BCUT2D eigenvalue weighted by molar-refractivity contribution is -0.0896. The molecule has 2 atom stereocenters. The van der Waals surface area contributed by atoms with Crippen molar-refractivity contribution in [1.29, 1.82) is 0 Å². The molecule has 2 aliphatic rings. The minimum Gasteiger partial charge on any atom is -0.392 e. The van der Waals surface area contributed by atoms with Gasteiger partial charge in [0, 0.05) is 5.41 Å². The second-order valence-corrected chi connectivity index (χ2v) is 5.91. The molecule has 0 radical (unpaired) electrons. The van der Waals surface area contributed by atoms with Crippen LogP contribution < -0.4 is 0 Å². The average Bonchev–Trinajstić information content (AvgIpc) is 3.17. The molecule has 0 aromatic rings. The van der Waals surface area contributed by atoms with Crippen LogP contribution in [-0.2, 0) is 0 Å². The molecule has 0 aliphatic heterocycles. The van der Waals surface area contributed by atoms with Crippen LogP contribution in [-0.4, -0.2) is 33.6 Å². The van der Waals surface area contributed by atoms with Crippen LogP contribution in [0.3, 0.4) is 0 Å². The zero-order valence-electron chi connectivity index (χ0n) is 11.8. The Morgan fingerprint density at radius 1 is 1.42 bits per heavy atom. The molecule has 1 saturated carbocycles. The lowest BCUT2D eigenvalue weighted by Gasteiger charge is -2.45. The topological polar surface area (TPSA) is 60.7 Å². The average molecular weight is 264 g/mol. The van der Waals surface area contributed by atoms with E-state index in [-0.39, 0.29) is 12.0 Å². The standard InChI is InChI=1S/C16H24O3/c1-4-5-6-12-11(2)16(8-9-16)15(3,19)14(18)13(12)7-10-17/h4,7,14,17-19H,1,5-6,8-10H2,2-3H3/b13-7-/t14-,15-/m0/s1. The molecule has 19 heavy (non-hydrogen) atoms. The maximum Gasteiger partial charge on any atom is 0.108 e. The van der Waals surface area contributed by atoms with Gasteiger partial charge in [0.25, 0.3) is 0 Å². The van der Waals surface area contributed by atoms with Gasteiger partial charge in [-0.1, -0.05) is 17.7 Å². The third kappa shape index (κ3) is 2.00. The van der Waals surface area contributed by atoms with Crippen LogP contribution in [0, 0.1) is 5.41 Å². The molecule has 0 bridgehead atoms. The highest BCUT2D eigenvalue weighted by Crippen LogP contribution is 2.64. The van der Waals surface area contributed by atoms with Gasteiger partial charge in [0.15, 0.2) is 0 Å². The monoisotopic (exact) mass is 264 g/mol. The summed E-state index contributed by atoms with van der Waals surface area (Å²) in [5.74, 6) is 0. The summed E-state index contributed by atoms with van der Waals surface area (Å²) in [4.78, 5) is 0. The van der Waals surface area contributed by atoms with E-state index in [1.807, 2.05) is 6.08 Å². The lowest BCUT2D eigenvalue weighted by atomic mass is 9.66. The smallest absolute Gasteiger partial charge is 0.108 e. The minimum atomic E-state index is -1.14. The molecular weight excluding hydrogens is 240 g/mol. The van der Waals surface area contributed by atoms with Crippen LogP contribution in [0.5, 0.6) is 0 Å². The molecule has 2 aliphatic carbocycles. The first kappa shape index (κ1) is 14.5. The van der Waals surface area contributed by atoms with Gasteiger partial charge in [0.2, 0.25) is 0 Å². The third-order valence-corrected chi connectivity index (χ3v) is 4.97. The zero-order chi connectivity index (χ0) is 14.3. The number of allylic oxidation sites excluding steroid dienone is 1. The Morgan fingerprint density at radius 3 is 2.53 bits per heavy atom. The van der Waals surface area contributed by atoms with Crippen LogP contribution in [0.1, 0.15) is 39.5 Å². The summed E-state index contributed by atoms with van der Waals surface area (Å²) >= 11 is 0. The van der Waals surface area contributed by atoms with Crippen molar-refractivity contribution in [3.05, 3.63) is 35.5 Å². The largest absolute Gasteiger partial charge is 0.392 e. The van der Waals surface area contributed by atoms with E-state index in [1.54, 1.807) is 13.0 Å². The summed E-state index contributed by atoms with van der Waals surface area (Å²) in [5.41, 5.74) is 1.53. The first-order valence-electron chi connectivity index (χ1n) is 6.95. The Bertz CT molecular complexity index is 439. The molecule has 1 spiro atoms. The van der Waals surface area contributed by atoms with Gasteiger partial charge in [0.1, 0.15) is 11.7 Å². The summed E-state index contributed by atoms with van der Waals surface area (Å²) in [6, 6.07) is 0. The normalized spacial score (nSPS) is 35.0. The number of hydrogen-bond acceptors (Lipinski definition) is 3. The van der Waals surface area contributed by atoms with E-state index >= 15 is 0 Å². The Balaban J connectivity index is 2.51. The lowest BCUT2D eigenvalue weighted by Crippen LogP contribution is -2.52. The van der Waals surface area contributed by atoms with Crippen molar-refractivity contribution in [2.75, 3.05) is 6.61 Å². The fourth-order valence-electron chi connectivity index (χ4n) is 3.53. The highest BCUT2D eigenvalue weighted by molar-refractivity contribution is 5.50. The van der Waals surface area contributed by atoms with E-state index in [4.69, 9.17) is 5.11 Å². The number of aliphatic hydroxyl groups is 3. The van der Waals surface area contributed by atoms with Crippen LogP contribution in [0.25, 0.3) is 0 Å². The van der Waals surface area contributed by atoms with Gasteiger partial charge in [0.05, 0.1) is 6.61 Å². The molecule has 106 valence electrons. The minimum absolute atomic E-state index is 0.125. The van der Waals surface area contributed by atoms with E-state index in [2.05, 4.69) is 13.5 Å². The predicted octanol–water partition coefficient (Wildman–Crippen LogP) is 2.09. The van der Waals surface area contributed by atoms with E-state index in [9.17, 15) is 10.2 Å². The van der Waals surface area contributed by atoms with Crippen molar-refractivity contribution in [2.24, 2.45) is 5.41 Å². The van der Waals surface area contributed by atoms with Gasteiger partial charge in [-0.3, -0.25) is 0 Å². The quantitative estimate of drug-likeness (QED) is 0.681. The summed E-state index contributed by atoms with van der Waals surface area (Å²) in [6.45, 7) is 7.38. The molecule has 0 amide bonds. The second kappa shape index (κ2) is 4.89. The third-order valence-electron chi connectivity index (χ3n) is 4.97. The van der Waals surface area contributed by atoms with Crippen molar-refractivity contribution in [1.82, 2.24) is 0 Å². The van der Waals surface area contributed by atoms with Crippen molar-refractivity contribution in [3.8, 4) is 0 Å². The van der Waals surface area contributed by atoms with Crippen molar-refractivity contribution < 1.29 is 15.3 Å². The second-order valence-electron chi connectivity index (χ2n) is 5.91. The molecular formula is C16H24O3. The van der Waals surface area contributed by atoms with Crippen LogP contribution in [0.2, 0.25) is 0 Å². The molecule has 0 saturated heterocycles. The highest BCUT2D eigenvalue weighted by atomic mass is 16.3. The van der Waals surface area contributed by atoms with Gasteiger partial charge in [-0.2, -0.15) is 0 Å². The Hall–Kier alpha value is -0.900.